The van der Waals surface area contributed by atoms with Gasteiger partial charge in [0, 0.05) is 13.6 Å². The Morgan fingerprint density at radius 1 is 1.26 bits per heavy atom. The third-order valence-electron chi connectivity index (χ3n) is 3.24. The number of rotatable bonds is 7. The third-order valence-corrected chi connectivity index (χ3v) is 3.97. The van der Waals surface area contributed by atoms with E-state index in [0.717, 1.165) is 5.56 Å². The molecule has 0 aliphatic carbocycles. The second-order valence-corrected chi connectivity index (χ2v) is 6.00. The lowest BCUT2D eigenvalue weighted by molar-refractivity contribution is -0.135. The molecule has 5 nitrogen and oxygen atoms in total. The van der Waals surface area contributed by atoms with E-state index in [1.165, 1.54) is 0 Å². The summed E-state index contributed by atoms with van der Waals surface area (Å²) in [6.45, 7) is 2.09. The van der Waals surface area contributed by atoms with Gasteiger partial charge in [0.15, 0.2) is 6.61 Å². The van der Waals surface area contributed by atoms with Crippen molar-refractivity contribution in [2.45, 2.75) is 19.5 Å². The van der Waals surface area contributed by atoms with Crippen LogP contribution in [0.15, 0.2) is 47.2 Å². The van der Waals surface area contributed by atoms with Gasteiger partial charge in [0.2, 0.25) is 5.91 Å². The van der Waals surface area contributed by atoms with Crippen LogP contribution in [0, 0.1) is 0 Å². The number of ether oxygens (including phenoxy) is 1. The molecule has 0 aliphatic heterocycles. The molecule has 2 rings (SSSR count). The van der Waals surface area contributed by atoms with Gasteiger partial charge >= 0.3 is 0 Å². The van der Waals surface area contributed by atoms with Gasteiger partial charge in [-0.15, -0.1) is 0 Å². The quantitative estimate of drug-likeness (QED) is 0.846. The molecule has 0 aliphatic rings. The highest BCUT2D eigenvalue weighted by Gasteiger charge is 2.19. The molecule has 1 heterocycles. The highest BCUT2D eigenvalue weighted by Crippen LogP contribution is 2.09. The minimum atomic E-state index is -0.592. The third kappa shape index (κ3) is 5.41. The Hall–Kier alpha value is -2.34. The molecule has 23 heavy (non-hydrogen) atoms. The van der Waals surface area contributed by atoms with Crippen LogP contribution in [0.25, 0.3) is 0 Å². The lowest BCUT2D eigenvalue weighted by Gasteiger charge is -2.21. The zero-order valence-electron chi connectivity index (χ0n) is 13.2. The van der Waals surface area contributed by atoms with Crippen LogP contribution < -0.4 is 10.1 Å². The van der Waals surface area contributed by atoms with E-state index < -0.39 is 6.04 Å². The number of para-hydroxylation sites is 1. The van der Waals surface area contributed by atoms with Gasteiger partial charge < -0.3 is 15.0 Å². The first-order valence-electron chi connectivity index (χ1n) is 7.29. The Morgan fingerprint density at radius 3 is 2.65 bits per heavy atom. The van der Waals surface area contributed by atoms with E-state index in [1.54, 1.807) is 42.3 Å². The molecule has 1 aromatic heterocycles. The molecule has 0 spiro atoms. The largest absolute Gasteiger partial charge is 0.484 e. The summed E-state index contributed by atoms with van der Waals surface area (Å²) < 4.78 is 5.36. The zero-order valence-corrected chi connectivity index (χ0v) is 14.0. The van der Waals surface area contributed by atoms with Gasteiger partial charge in [0.25, 0.3) is 5.91 Å². The van der Waals surface area contributed by atoms with Crippen LogP contribution in [0.2, 0.25) is 0 Å². The maximum absolute atomic E-state index is 12.3. The average molecular weight is 332 g/mol. The summed E-state index contributed by atoms with van der Waals surface area (Å²) in [6, 6.07) is 10.5. The van der Waals surface area contributed by atoms with E-state index in [9.17, 15) is 9.59 Å². The van der Waals surface area contributed by atoms with Crippen molar-refractivity contribution < 1.29 is 14.3 Å². The Kier molecular flexibility index (Phi) is 6.17. The standard InChI is InChI=1S/C17H20N2O3S/c1-13(17(21)19(2)10-14-8-9-23-12-14)18-16(20)11-22-15-6-4-3-5-7-15/h3-9,12-13H,10-11H2,1-2H3,(H,18,20)/t13-/m1/s1. The maximum Gasteiger partial charge on any atom is 0.258 e. The number of nitrogens with one attached hydrogen (secondary N) is 1. The fourth-order valence-electron chi connectivity index (χ4n) is 2.08. The number of benzene rings is 1. The van der Waals surface area contributed by atoms with Crippen LogP contribution in [-0.2, 0) is 16.1 Å². The smallest absolute Gasteiger partial charge is 0.258 e. The van der Waals surface area contributed by atoms with E-state index in [2.05, 4.69) is 5.32 Å². The van der Waals surface area contributed by atoms with Crippen molar-refractivity contribution in [1.82, 2.24) is 10.2 Å². The second-order valence-electron chi connectivity index (χ2n) is 5.22. The summed E-state index contributed by atoms with van der Waals surface area (Å²) in [5.74, 6) is 0.166. The number of hydrogen-bond acceptors (Lipinski definition) is 4. The van der Waals surface area contributed by atoms with Gasteiger partial charge in [0.05, 0.1) is 0 Å². The molecule has 122 valence electrons. The van der Waals surface area contributed by atoms with E-state index in [0.29, 0.717) is 12.3 Å². The molecule has 0 radical (unpaired) electrons. The minimum absolute atomic E-state index is 0.115. The number of amides is 2. The topological polar surface area (TPSA) is 58.6 Å². The van der Waals surface area contributed by atoms with E-state index in [4.69, 9.17) is 4.74 Å². The normalized spacial score (nSPS) is 11.6. The summed E-state index contributed by atoms with van der Waals surface area (Å²) in [5.41, 5.74) is 1.08. The van der Waals surface area contributed by atoms with Crippen molar-refractivity contribution in [3.63, 3.8) is 0 Å². The van der Waals surface area contributed by atoms with Crippen molar-refractivity contribution in [3.8, 4) is 5.75 Å². The minimum Gasteiger partial charge on any atom is -0.484 e. The molecule has 6 heteroatoms. The molecule has 2 amide bonds. The number of thiophene rings is 1. The first kappa shape index (κ1) is 17.0. The summed E-state index contributed by atoms with van der Waals surface area (Å²) >= 11 is 1.59. The predicted molar refractivity (Wildman–Crippen MR) is 90.3 cm³/mol. The molecular formula is C17H20N2O3S. The fraction of sp³-hybridized carbons (Fsp3) is 0.294. The Bertz CT molecular complexity index is 629. The Morgan fingerprint density at radius 2 is 2.00 bits per heavy atom. The molecule has 1 N–H and O–H groups in total. The van der Waals surface area contributed by atoms with Crippen LogP contribution in [-0.4, -0.2) is 36.4 Å². The fourth-order valence-corrected chi connectivity index (χ4v) is 2.74. The van der Waals surface area contributed by atoms with Crippen molar-refractivity contribution in [1.29, 1.82) is 0 Å². The zero-order chi connectivity index (χ0) is 16.7. The number of carbonyl (C=O) groups is 2. The highest BCUT2D eigenvalue weighted by atomic mass is 32.1. The molecule has 0 unspecified atom stereocenters. The van der Waals surface area contributed by atoms with Crippen molar-refractivity contribution in [2.24, 2.45) is 0 Å². The molecule has 0 saturated carbocycles. The van der Waals surface area contributed by atoms with Crippen LogP contribution in [0.3, 0.4) is 0 Å². The van der Waals surface area contributed by atoms with Crippen LogP contribution >= 0.6 is 11.3 Å². The monoisotopic (exact) mass is 332 g/mol. The summed E-state index contributed by atoms with van der Waals surface area (Å²) in [4.78, 5) is 25.7. The van der Waals surface area contributed by atoms with E-state index in [1.807, 2.05) is 35.0 Å². The average Bonchev–Trinajstić information content (AvgIpc) is 3.06. The van der Waals surface area contributed by atoms with Gasteiger partial charge in [-0.1, -0.05) is 18.2 Å². The Labute approximate surface area is 139 Å². The lowest BCUT2D eigenvalue weighted by atomic mass is 10.2. The van der Waals surface area contributed by atoms with Gasteiger partial charge in [-0.25, -0.2) is 0 Å². The summed E-state index contributed by atoms with van der Waals surface area (Å²) in [7, 11) is 1.73. The van der Waals surface area contributed by atoms with E-state index in [-0.39, 0.29) is 18.4 Å². The first-order chi connectivity index (χ1) is 11.1. The summed E-state index contributed by atoms with van der Waals surface area (Å²) in [6.07, 6.45) is 0. The number of likely N-dealkylation sites (N-methyl/N-ethyl adjacent to an activating group) is 1. The number of hydrogen-bond donors (Lipinski definition) is 1. The van der Waals surface area contributed by atoms with Crippen molar-refractivity contribution in [3.05, 3.63) is 52.7 Å². The van der Waals surface area contributed by atoms with Crippen LogP contribution in [0.5, 0.6) is 5.75 Å². The SMILES string of the molecule is C[C@@H](NC(=O)COc1ccccc1)C(=O)N(C)Cc1ccsc1. The molecular weight excluding hydrogens is 312 g/mol. The van der Waals surface area contributed by atoms with E-state index >= 15 is 0 Å². The summed E-state index contributed by atoms with van der Waals surface area (Å²) in [5, 5.41) is 6.63. The van der Waals surface area contributed by atoms with Crippen LogP contribution in [0.4, 0.5) is 0 Å². The molecule has 1 aromatic carbocycles. The van der Waals surface area contributed by atoms with Gasteiger partial charge in [-0.2, -0.15) is 11.3 Å². The van der Waals surface area contributed by atoms with Gasteiger partial charge in [-0.05, 0) is 41.4 Å². The Balaban J connectivity index is 1.77. The number of nitrogens with zero attached hydrogens (tertiary/aromatic N) is 1. The number of carbonyl (C=O) groups excluding carboxylic acids is 2. The highest BCUT2D eigenvalue weighted by molar-refractivity contribution is 7.07. The first-order valence-corrected chi connectivity index (χ1v) is 8.24. The molecule has 0 fully saturated rings. The van der Waals surface area contributed by atoms with Crippen molar-refractivity contribution >= 4 is 23.2 Å². The molecule has 2 aromatic rings. The molecule has 0 bridgehead atoms. The second kappa shape index (κ2) is 8.33. The van der Waals surface area contributed by atoms with Crippen LogP contribution in [0.1, 0.15) is 12.5 Å². The lowest BCUT2D eigenvalue weighted by Crippen LogP contribution is -2.46. The predicted octanol–water partition coefficient (Wildman–Crippen LogP) is 2.29. The molecule has 0 saturated heterocycles. The van der Waals surface area contributed by atoms with Crippen molar-refractivity contribution in [2.75, 3.05) is 13.7 Å². The molecule has 1 atom stereocenters. The maximum atomic E-state index is 12.3. The van der Waals surface area contributed by atoms with Gasteiger partial charge in [0.1, 0.15) is 11.8 Å². The van der Waals surface area contributed by atoms with Gasteiger partial charge in [-0.3, -0.25) is 9.59 Å².